The van der Waals surface area contributed by atoms with Gasteiger partial charge in [-0.15, -0.1) is 25.7 Å². The number of hydrogen-bond donors (Lipinski definition) is 11. The standard InChI is InChI=1S/C47H75N15O15.4Gd/c1-9-34(63)52-23-38(67)50-21-31(58-40(69)25-54-36(65)11-3)45(74)60(8)18-19-61(46(75)32(59-41(70)26-55-37(66)12-4)22-51-39(68)24-53-35(64)10-2)17-15-49-43(72)28-77-56-27-42(71)57-30(20-29(5)6)47(76)62-16-13-14-33(62)44(73)48-7;;;;/h27,29-33H,1-4,9-26,28H2,5-8H3,(H,48,73)(H,49,72)(H,50,67)(H,51,68)(H,52,63)(H,53,64)(H,54,65)(H,55,66)(H,57,71)(H,58,69)(H,59,70);;;;/q-4;;;;/b56-27+;;;;. The molecule has 14 amide bonds. The number of likely N-dealkylation sites (N-methyl/N-ethyl adjacent to an activating group) is 2. The molecule has 0 aliphatic carbocycles. The molecule has 0 aromatic carbocycles. The quantitative estimate of drug-likeness (QED) is 0.0160. The topological polar surface area (TPSA) is 403 Å². The Bertz CT molecular complexity index is 2130. The van der Waals surface area contributed by atoms with Gasteiger partial charge in [-0.25, -0.2) is 0 Å². The van der Waals surface area contributed by atoms with Crippen LogP contribution < -0.4 is 58.5 Å². The SMILES string of the molecule is [CH2-]CC(=O)NCC(=O)NCC(NC(=O)CNC(=O)C[CH2-])C(=O)N(C)CCN(CCNC(=O)CO/N=C/C(=O)NC(CC(C)C)C(=O)N1CCCC1C(=O)NC)C(=O)C(CNC(=O)CNC(=O)C[CH2-])NC(=O)CNC(=O)C[CH2-].[Gd].[Gd].[Gd].[Gd]. The molecule has 1 fully saturated rings. The third-order valence-electron chi connectivity index (χ3n) is 10.9. The molecule has 464 valence electrons. The van der Waals surface area contributed by atoms with Crippen LogP contribution in [-0.2, 0) is 72.0 Å². The van der Waals surface area contributed by atoms with Gasteiger partial charge in [0.25, 0.3) is 11.8 Å². The van der Waals surface area contributed by atoms with Gasteiger partial charge in [0.05, 0.1) is 26.2 Å². The Morgan fingerprint density at radius 2 is 1.04 bits per heavy atom. The average molecular weight is 1720 g/mol. The van der Waals surface area contributed by atoms with Crippen molar-refractivity contribution < 1.29 is 232 Å². The summed E-state index contributed by atoms with van der Waals surface area (Å²) in [6.45, 7) is 12.3. The van der Waals surface area contributed by atoms with Crippen LogP contribution in [0.1, 0.15) is 58.8 Å². The molecule has 0 saturated carbocycles. The van der Waals surface area contributed by atoms with E-state index in [0.717, 1.165) is 16.0 Å². The summed E-state index contributed by atoms with van der Waals surface area (Å²) in [6.07, 6.45) is 1.29. The van der Waals surface area contributed by atoms with Crippen LogP contribution >= 0.6 is 0 Å². The summed E-state index contributed by atoms with van der Waals surface area (Å²) in [5, 5.41) is 30.0. The minimum Gasteiger partial charge on any atom is -0.386 e. The van der Waals surface area contributed by atoms with Crippen molar-refractivity contribution in [1.82, 2.24) is 73.2 Å². The van der Waals surface area contributed by atoms with Gasteiger partial charge in [-0.1, -0.05) is 19.0 Å². The zero-order valence-electron chi connectivity index (χ0n) is 45.6. The normalized spacial score (nSPS) is 13.1. The van der Waals surface area contributed by atoms with E-state index in [1.165, 1.54) is 19.0 Å². The van der Waals surface area contributed by atoms with Crippen molar-refractivity contribution in [3.63, 3.8) is 0 Å². The zero-order chi connectivity index (χ0) is 58.0. The molecule has 1 aliphatic rings. The molecule has 1 aliphatic heterocycles. The Balaban J connectivity index is -0.00000741. The fraction of sp³-hybridized carbons (Fsp3) is 0.596. The van der Waals surface area contributed by atoms with Gasteiger partial charge in [-0.3, -0.25) is 67.1 Å². The first-order valence-electron chi connectivity index (χ1n) is 24.6. The Labute approximate surface area is 600 Å². The molecule has 4 unspecified atom stereocenters. The van der Waals surface area contributed by atoms with Crippen LogP contribution in [0.4, 0.5) is 0 Å². The third kappa shape index (κ3) is 36.7. The summed E-state index contributed by atoms with van der Waals surface area (Å²) in [5.74, 6) is -9.62. The van der Waals surface area contributed by atoms with Crippen molar-refractivity contribution in [3.8, 4) is 0 Å². The number of likely N-dealkylation sites (tertiary alicyclic amines) is 1. The number of carbonyl (C=O) groups excluding carboxylic acids is 14. The summed E-state index contributed by atoms with van der Waals surface area (Å²) in [7, 11) is 2.75. The van der Waals surface area contributed by atoms with Gasteiger partial charge in [0.15, 0.2) is 30.2 Å². The molecule has 0 aromatic heterocycles. The summed E-state index contributed by atoms with van der Waals surface area (Å²) in [5.41, 5.74) is 0. The second kappa shape index (κ2) is 48.6. The van der Waals surface area contributed by atoms with Crippen molar-refractivity contribution in [1.29, 1.82) is 0 Å². The van der Waals surface area contributed by atoms with E-state index in [2.05, 4.69) is 91.3 Å². The van der Waals surface area contributed by atoms with Gasteiger partial charge in [0, 0.05) is 220 Å². The number of amides is 14. The average Bonchev–Trinajstić information content (AvgIpc) is 3.91. The number of oxime groups is 1. The maximum atomic E-state index is 14.4. The monoisotopic (exact) mass is 1720 g/mol. The molecule has 0 radical (unpaired) electrons. The molecule has 0 spiro atoms. The van der Waals surface area contributed by atoms with Crippen molar-refractivity contribution in [2.45, 2.75) is 83.0 Å². The maximum absolute atomic E-state index is 14.4. The van der Waals surface area contributed by atoms with E-state index in [1.807, 2.05) is 13.8 Å². The van der Waals surface area contributed by atoms with Gasteiger partial charge in [0.2, 0.25) is 47.3 Å². The first-order chi connectivity index (χ1) is 36.5. The van der Waals surface area contributed by atoms with E-state index < -0.39 is 147 Å². The fourth-order valence-electron chi connectivity index (χ4n) is 6.85. The number of hydrogen-bond acceptors (Lipinski definition) is 16. The van der Waals surface area contributed by atoms with Crippen molar-refractivity contribution in [2.24, 2.45) is 11.1 Å². The van der Waals surface area contributed by atoms with E-state index >= 15 is 0 Å². The predicted molar refractivity (Wildman–Crippen MR) is 274 cm³/mol. The van der Waals surface area contributed by atoms with Gasteiger partial charge >= 0.3 is 0 Å². The third-order valence-corrected chi connectivity index (χ3v) is 10.9. The molecule has 30 nitrogen and oxygen atoms in total. The van der Waals surface area contributed by atoms with Crippen LogP contribution in [0.3, 0.4) is 0 Å². The van der Waals surface area contributed by atoms with Gasteiger partial charge in [-0.2, -0.15) is 0 Å². The van der Waals surface area contributed by atoms with Gasteiger partial charge < -0.3 is 106 Å². The van der Waals surface area contributed by atoms with Crippen molar-refractivity contribution in [2.75, 3.05) is 92.7 Å². The molecule has 0 aromatic rings. The minimum absolute atomic E-state index is 0. The van der Waals surface area contributed by atoms with E-state index in [4.69, 9.17) is 4.84 Å². The molecule has 81 heavy (non-hydrogen) atoms. The van der Waals surface area contributed by atoms with Gasteiger partial charge in [0.1, 0.15) is 30.4 Å². The molecule has 1 saturated heterocycles. The molecule has 11 N–H and O–H groups in total. The zero-order valence-corrected chi connectivity index (χ0v) is 54.6. The van der Waals surface area contributed by atoms with Crippen LogP contribution in [-0.4, -0.2) is 220 Å². The van der Waals surface area contributed by atoms with Crippen LogP contribution in [0.25, 0.3) is 0 Å². The van der Waals surface area contributed by atoms with Crippen LogP contribution in [0.5, 0.6) is 0 Å². The van der Waals surface area contributed by atoms with Crippen molar-refractivity contribution in [3.05, 3.63) is 27.7 Å². The van der Waals surface area contributed by atoms with Gasteiger partial charge in [-0.05, 0) is 25.2 Å². The number of nitrogens with one attached hydrogen (secondary N) is 11. The molecule has 1 rings (SSSR count). The Morgan fingerprint density at radius 1 is 0.580 bits per heavy atom. The largest absolute Gasteiger partial charge is 0.386 e. The number of rotatable bonds is 35. The van der Waals surface area contributed by atoms with E-state index in [-0.39, 0.29) is 230 Å². The first kappa shape index (κ1) is 84.8. The molecular formula is C47H75Gd4N15O15-4. The second-order valence-corrected chi connectivity index (χ2v) is 17.4. The minimum atomic E-state index is -1.57. The first-order valence-corrected chi connectivity index (χ1v) is 24.6. The van der Waals surface area contributed by atoms with E-state index in [0.29, 0.717) is 19.4 Å². The predicted octanol–water partition coefficient (Wildman–Crippen LogP) is -6.78. The maximum Gasteiger partial charge on any atom is 0.266 e. The molecule has 1 heterocycles. The smallest absolute Gasteiger partial charge is 0.266 e. The van der Waals surface area contributed by atoms with Crippen molar-refractivity contribution >= 4 is 88.9 Å². The Kier molecular flexibility index (Phi) is 50.8. The van der Waals surface area contributed by atoms with Crippen LogP contribution in [0, 0.1) is 193 Å². The Morgan fingerprint density at radius 3 is 1.48 bits per heavy atom. The number of nitrogens with zero attached hydrogens (tertiary/aromatic N) is 4. The fourth-order valence-corrected chi connectivity index (χ4v) is 6.85. The molecule has 34 heteroatoms. The van der Waals surface area contributed by atoms with Crippen LogP contribution in [0.15, 0.2) is 5.16 Å². The van der Waals surface area contributed by atoms with E-state index in [1.54, 1.807) is 0 Å². The number of carbonyl (C=O) groups is 14. The van der Waals surface area contributed by atoms with Crippen LogP contribution in [0.2, 0.25) is 0 Å². The summed E-state index contributed by atoms with van der Waals surface area (Å²) in [6, 6.07) is -4.73. The second-order valence-electron chi connectivity index (χ2n) is 17.4. The summed E-state index contributed by atoms with van der Waals surface area (Å²) >= 11 is 0. The molecule has 4 atom stereocenters. The molecule has 0 bridgehead atoms. The summed E-state index contributed by atoms with van der Waals surface area (Å²) < 4.78 is 0. The Hall–Kier alpha value is -2.65. The molecular weight excluding hydrogens is 1640 g/mol. The summed E-state index contributed by atoms with van der Waals surface area (Å²) in [4.78, 5) is 186. The van der Waals surface area contributed by atoms with E-state index in [9.17, 15) is 67.1 Å².